The lowest BCUT2D eigenvalue weighted by atomic mass is 9.45. The Bertz CT molecular complexity index is 769. The van der Waals surface area contributed by atoms with E-state index in [9.17, 15) is 0 Å². The maximum Gasteiger partial charge on any atom is -0.0127 e. The van der Waals surface area contributed by atoms with Gasteiger partial charge in [-0.3, -0.25) is 0 Å². The molecule has 5 rings (SSSR count). The molecule has 3 aliphatic rings. The normalized spacial score (nSPS) is 32.9. The summed E-state index contributed by atoms with van der Waals surface area (Å²) in [5.74, 6) is 2.42. The Balaban J connectivity index is 1.77. The number of aryl methyl sites for hydroxylation is 1. The van der Waals surface area contributed by atoms with Gasteiger partial charge >= 0.3 is 0 Å². The molecule has 0 spiro atoms. The van der Waals surface area contributed by atoms with E-state index in [1.54, 1.807) is 5.56 Å². The van der Waals surface area contributed by atoms with Crippen LogP contribution in [0, 0.1) is 29.6 Å². The second kappa shape index (κ2) is 5.35. The zero-order valence-corrected chi connectivity index (χ0v) is 16.0. The molecule has 128 valence electrons. The molecule has 2 aromatic carbocycles. The minimum Gasteiger partial charge on any atom is -0.0613 e. The van der Waals surface area contributed by atoms with Gasteiger partial charge in [0.15, 0.2) is 0 Å². The van der Waals surface area contributed by atoms with Gasteiger partial charge in [-0.1, -0.05) is 69.7 Å². The molecule has 2 unspecified atom stereocenters. The predicted molar refractivity (Wildman–Crippen MR) is 104 cm³/mol. The van der Waals surface area contributed by atoms with Crippen LogP contribution < -0.4 is 0 Å². The van der Waals surface area contributed by atoms with Gasteiger partial charge in [0.05, 0.1) is 0 Å². The lowest BCUT2D eigenvalue weighted by Gasteiger charge is -2.59. The van der Waals surface area contributed by atoms with E-state index in [0.717, 1.165) is 11.8 Å². The Kier molecular flexibility index (Phi) is 3.61. The minimum atomic E-state index is 0.455. The first kappa shape index (κ1) is 16.2. The fraction of sp³-hybridized carbons (Fsp3) is 0.583. The topological polar surface area (TPSA) is 0 Å². The second-order valence-corrected chi connectivity index (χ2v) is 9.67. The third-order valence-electron chi connectivity index (χ3n) is 7.89. The Morgan fingerprint density at radius 2 is 1.71 bits per heavy atom. The van der Waals surface area contributed by atoms with Crippen molar-refractivity contribution in [3.63, 3.8) is 0 Å². The van der Waals surface area contributed by atoms with Gasteiger partial charge in [-0.15, -0.1) is 0 Å². The minimum absolute atomic E-state index is 0.455. The van der Waals surface area contributed by atoms with Crippen LogP contribution in [0.15, 0.2) is 36.4 Å². The van der Waals surface area contributed by atoms with Gasteiger partial charge in [0.2, 0.25) is 0 Å². The monoisotopic (exact) mass is 320 g/mol. The SMILES string of the molecule is Cc1ccc2cccc(C(C)[C@]3(C)CC4CC[C@@H]3CC4(C)C)c2c1. The quantitative estimate of drug-likeness (QED) is 0.553. The van der Waals surface area contributed by atoms with Crippen molar-refractivity contribution in [1.82, 2.24) is 0 Å². The molecular weight excluding hydrogens is 288 g/mol. The van der Waals surface area contributed by atoms with Crippen LogP contribution in [0.25, 0.3) is 10.8 Å². The molecule has 0 amide bonds. The predicted octanol–water partition coefficient (Wildman–Crippen LogP) is 7.10. The highest BCUT2D eigenvalue weighted by Gasteiger charge is 2.53. The highest BCUT2D eigenvalue weighted by molar-refractivity contribution is 5.87. The van der Waals surface area contributed by atoms with E-state index < -0.39 is 0 Å². The second-order valence-electron chi connectivity index (χ2n) is 9.67. The average molecular weight is 321 g/mol. The molecule has 4 atom stereocenters. The molecule has 3 aliphatic carbocycles. The number of fused-ring (bicyclic) bond motifs is 4. The molecule has 0 heterocycles. The molecule has 0 radical (unpaired) electrons. The van der Waals surface area contributed by atoms with E-state index in [2.05, 4.69) is 71.0 Å². The Labute approximate surface area is 147 Å². The van der Waals surface area contributed by atoms with Crippen LogP contribution in [0.5, 0.6) is 0 Å². The zero-order valence-electron chi connectivity index (χ0n) is 16.0. The molecule has 0 saturated heterocycles. The van der Waals surface area contributed by atoms with Crippen molar-refractivity contribution in [1.29, 1.82) is 0 Å². The lowest BCUT2D eigenvalue weighted by molar-refractivity contribution is -0.0787. The van der Waals surface area contributed by atoms with Crippen molar-refractivity contribution in [2.24, 2.45) is 22.7 Å². The fourth-order valence-electron chi connectivity index (χ4n) is 6.01. The summed E-state index contributed by atoms with van der Waals surface area (Å²) in [6.45, 7) is 12.3. The van der Waals surface area contributed by atoms with E-state index in [-0.39, 0.29) is 0 Å². The van der Waals surface area contributed by atoms with Crippen LogP contribution in [-0.4, -0.2) is 0 Å². The molecule has 0 aromatic heterocycles. The van der Waals surface area contributed by atoms with Crippen molar-refractivity contribution in [3.05, 3.63) is 47.5 Å². The molecule has 3 saturated carbocycles. The summed E-state index contributed by atoms with van der Waals surface area (Å²) in [4.78, 5) is 0. The number of hydrogen-bond acceptors (Lipinski definition) is 0. The molecular formula is C24H32. The van der Waals surface area contributed by atoms with Crippen molar-refractivity contribution < 1.29 is 0 Å². The molecule has 0 nitrogen and oxygen atoms in total. The summed E-state index contributed by atoms with van der Waals surface area (Å²) in [5, 5.41) is 2.88. The van der Waals surface area contributed by atoms with Gasteiger partial charge in [0.1, 0.15) is 0 Å². The van der Waals surface area contributed by atoms with Crippen LogP contribution in [0.2, 0.25) is 0 Å². The standard InChI is InChI=1S/C24H32/c1-16-9-10-18-7-6-8-21(22(18)13-16)17(2)24(5)15-19-11-12-20(24)14-23(19,3)4/h6-10,13,17,19-20H,11-12,14-15H2,1-5H3/t17?,19?,20-,24+/m1/s1. The molecule has 2 aromatic rings. The summed E-state index contributed by atoms with van der Waals surface area (Å²) in [6, 6.07) is 13.9. The van der Waals surface area contributed by atoms with Crippen LogP contribution in [-0.2, 0) is 0 Å². The van der Waals surface area contributed by atoms with Gasteiger partial charge in [0, 0.05) is 0 Å². The van der Waals surface area contributed by atoms with Crippen LogP contribution in [0.3, 0.4) is 0 Å². The van der Waals surface area contributed by atoms with Crippen LogP contribution >= 0.6 is 0 Å². The first-order chi connectivity index (χ1) is 11.3. The zero-order chi connectivity index (χ0) is 17.1. The Morgan fingerprint density at radius 1 is 0.958 bits per heavy atom. The Morgan fingerprint density at radius 3 is 2.38 bits per heavy atom. The summed E-state index contributed by atoms with van der Waals surface area (Å²) in [6.07, 6.45) is 5.73. The number of rotatable bonds is 2. The first-order valence-corrected chi connectivity index (χ1v) is 9.80. The smallest absolute Gasteiger partial charge is 0.0127 e. The summed E-state index contributed by atoms with van der Waals surface area (Å²) in [7, 11) is 0. The van der Waals surface area contributed by atoms with E-state index in [0.29, 0.717) is 16.7 Å². The largest absolute Gasteiger partial charge is 0.0613 e. The van der Waals surface area contributed by atoms with Gasteiger partial charge in [-0.2, -0.15) is 0 Å². The van der Waals surface area contributed by atoms with Gasteiger partial charge in [-0.05, 0) is 77.5 Å². The maximum atomic E-state index is 2.60. The van der Waals surface area contributed by atoms with Crippen LogP contribution in [0.4, 0.5) is 0 Å². The maximum absolute atomic E-state index is 2.60. The summed E-state index contributed by atoms with van der Waals surface area (Å²) >= 11 is 0. The highest BCUT2D eigenvalue weighted by Crippen LogP contribution is 2.64. The van der Waals surface area contributed by atoms with E-state index in [1.807, 2.05) is 0 Å². The first-order valence-electron chi connectivity index (χ1n) is 9.80. The molecule has 0 aliphatic heterocycles. The van der Waals surface area contributed by atoms with Crippen LogP contribution in [0.1, 0.15) is 70.4 Å². The van der Waals surface area contributed by atoms with Gasteiger partial charge in [-0.25, -0.2) is 0 Å². The lowest BCUT2D eigenvalue weighted by Crippen LogP contribution is -2.50. The third-order valence-corrected chi connectivity index (χ3v) is 7.89. The van der Waals surface area contributed by atoms with Crippen molar-refractivity contribution in [3.8, 4) is 0 Å². The van der Waals surface area contributed by atoms with E-state index in [4.69, 9.17) is 0 Å². The van der Waals surface area contributed by atoms with Gasteiger partial charge < -0.3 is 0 Å². The number of benzene rings is 2. The number of hydrogen-bond donors (Lipinski definition) is 0. The molecule has 3 fully saturated rings. The van der Waals surface area contributed by atoms with Crippen molar-refractivity contribution in [2.45, 2.75) is 66.2 Å². The molecule has 2 bridgehead atoms. The van der Waals surface area contributed by atoms with E-state index in [1.165, 1.54) is 42.0 Å². The molecule has 0 heteroatoms. The summed E-state index contributed by atoms with van der Waals surface area (Å²) < 4.78 is 0. The van der Waals surface area contributed by atoms with E-state index >= 15 is 0 Å². The fourth-order valence-corrected chi connectivity index (χ4v) is 6.01. The van der Waals surface area contributed by atoms with Crippen molar-refractivity contribution in [2.75, 3.05) is 0 Å². The average Bonchev–Trinajstić information content (AvgIpc) is 2.54. The van der Waals surface area contributed by atoms with Gasteiger partial charge in [0.25, 0.3) is 0 Å². The highest BCUT2D eigenvalue weighted by atomic mass is 14.6. The molecule has 24 heavy (non-hydrogen) atoms. The Hall–Kier alpha value is -1.30. The third kappa shape index (κ3) is 2.33. The summed E-state index contributed by atoms with van der Waals surface area (Å²) in [5.41, 5.74) is 3.95. The molecule has 0 N–H and O–H groups in total. The van der Waals surface area contributed by atoms with Crippen molar-refractivity contribution >= 4 is 10.8 Å².